The molecule has 1 aliphatic heterocycles. The van der Waals surface area contributed by atoms with Crippen LogP contribution in [0, 0.1) is 0 Å². The summed E-state index contributed by atoms with van der Waals surface area (Å²) in [6.07, 6.45) is -1.04. The first kappa shape index (κ1) is 13.4. The molecule has 0 amide bonds. The van der Waals surface area contributed by atoms with Crippen LogP contribution in [0.4, 0.5) is 5.82 Å². The molecular weight excluding hydrogens is 330 g/mol. The summed E-state index contributed by atoms with van der Waals surface area (Å²) in [6, 6.07) is 0. The van der Waals surface area contributed by atoms with Crippen LogP contribution in [0.15, 0.2) is 23.7 Å². The maximum atomic E-state index is 10.1. The van der Waals surface area contributed by atoms with Crippen molar-refractivity contribution in [2.45, 2.75) is 24.5 Å². The van der Waals surface area contributed by atoms with Crippen LogP contribution in [0.1, 0.15) is 6.23 Å². The summed E-state index contributed by atoms with van der Waals surface area (Å²) < 4.78 is 7.58. The lowest BCUT2D eigenvalue weighted by Crippen LogP contribution is -2.31. The van der Waals surface area contributed by atoms with Crippen molar-refractivity contribution in [3.63, 3.8) is 0 Å². The van der Waals surface area contributed by atoms with Crippen molar-refractivity contribution >= 4 is 32.9 Å². The third-order valence-electron chi connectivity index (χ3n) is 3.21. The lowest BCUT2D eigenvalue weighted by molar-refractivity contribution is -0.0248. The third kappa shape index (κ3) is 1.90. The summed E-state index contributed by atoms with van der Waals surface area (Å²) in [4.78, 5) is 12.0. The van der Waals surface area contributed by atoms with E-state index in [4.69, 9.17) is 10.5 Å². The summed E-state index contributed by atoms with van der Waals surface area (Å²) >= 11 is 3.16. The number of halogens is 1. The Bertz CT molecular complexity index is 675. The minimum Gasteiger partial charge on any atom is -0.387 e. The number of hydrogen-bond donors (Lipinski definition) is 3. The van der Waals surface area contributed by atoms with E-state index in [1.165, 1.54) is 17.2 Å². The van der Waals surface area contributed by atoms with Gasteiger partial charge in [-0.1, -0.05) is 22.5 Å². The Labute approximate surface area is 122 Å². The van der Waals surface area contributed by atoms with Gasteiger partial charge in [0.05, 0.1) is 6.33 Å². The van der Waals surface area contributed by atoms with E-state index >= 15 is 0 Å². The molecule has 4 N–H and O–H groups in total. The smallest absolute Gasteiger partial charge is 0.167 e. The predicted octanol–water partition coefficient (Wildman–Crippen LogP) is -0.0637. The Morgan fingerprint density at radius 2 is 2.10 bits per heavy atom. The average Bonchev–Trinajstić information content (AvgIpc) is 2.94. The fourth-order valence-electron chi connectivity index (χ4n) is 2.20. The Balaban J connectivity index is 2.04. The first-order valence-electron chi connectivity index (χ1n) is 5.79. The molecule has 1 saturated heterocycles. The number of imidazole rings is 1. The highest BCUT2D eigenvalue weighted by molar-refractivity contribution is 9.11. The van der Waals surface area contributed by atoms with E-state index < -0.39 is 24.5 Å². The van der Waals surface area contributed by atoms with Gasteiger partial charge in [0.1, 0.15) is 30.2 Å². The van der Waals surface area contributed by atoms with Crippen LogP contribution in [-0.2, 0) is 4.74 Å². The Kier molecular flexibility index (Phi) is 3.21. The van der Waals surface area contributed by atoms with Gasteiger partial charge in [0, 0.05) is 4.48 Å². The minimum absolute atomic E-state index is 0.239. The SMILES string of the molecule is C=C(Br)[C@H]1O[C@@H](n2cnc3c(N)ncnc32)[C@H](O)[C@@H]1O. The highest BCUT2D eigenvalue weighted by Gasteiger charge is 2.45. The number of nitrogen functional groups attached to an aromatic ring is 1. The zero-order chi connectivity index (χ0) is 14.4. The largest absolute Gasteiger partial charge is 0.387 e. The Morgan fingerprint density at radius 1 is 1.35 bits per heavy atom. The summed E-state index contributed by atoms with van der Waals surface area (Å²) in [5.41, 5.74) is 6.55. The number of rotatable bonds is 2. The van der Waals surface area contributed by atoms with E-state index in [1.54, 1.807) is 0 Å². The summed E-state index contributed by atoms with van der Waals surface area (Å²) in [6.45, 7) is 3.66. The van der Waals surface area contributed by atoms with Crippen LogP contribution in [0.2, 0.25) is 0 Å². The van der Waals surface area contributed by atoms with Crippen LogP contribution in [0.3, 0.4) is 0 Å². The molecule has 0 unspecified atom stereocenters. The van der Waals surface area contributed by atoms with Crippen LogP contribution in [0.25, 0.3) is 11.2 Å². The lowest BCUT2D eigenvalue weighted by atomic mass is 10.1. The van der Waals surface area contributed by atoms with Gasteiger partial charge in [0.2, 0.25) is 0 Å². The molecule has 8 nitrogen and oxygen atoms in total. The van der Waals surface area contributed by atoms with Crippen LogP contribution in [-0.4, -0.2) is 48.0 Å². The second-order valence-corrected chi connectivity index (χ2v) is 5.48. The number of anilines is 1. The molecule has 0 spiro atoms. The van der Waals surface area contributed by atoms with Crippen LogP contribution < -0.4 is 5.73 Å². The highest BCUT2D eigenvalue weighted by Crippen LogP contribution is 2.35. The van der Waals surface area contributed by atoms with Crippen molar-refractivity contribution in [1.29, 1.82) is 0 Å². The van der Waals surface area contributed by atoms with Crippen LogP contribution >= 0.6 is 15.9 Å². The van der Waals surface area contributed by atoms with Gasteiger partial charge in [0.25, 0.3) is 0 Å². The highest BCUT2D eigenvalue weighted by atomic mass is 79.9. The quantitative estimate of drug-likeness (QED) is 0.699. The first-order valence-corrected chi connectivity index (χ1v) is 6.59. The molecule has 0 aliphatic carbocycles. The third-order valence-corrected chi connectivity index (χ3v) is 3.66. The normalized spacial score (nSPS) is 29.9. The number of aromatic nitrogens is 4. The number of fused-ring (bicyclic) bond motifs is 1. The molecule has 1 fully saturated rings. The molecular formula is C11H12BrN5O3. The standard InChI is InChI=1S/C11H12BrN5O3/c1-4(12)8-6(18)7(19)11(20-8)17-3-16-5-9(13)14-2-15-10(5)17/h2-3,6-8,11,18-19H,1H2,(H2,13,14,15)/t6-,7+,8+,11+/m0/s1. The van der Waals surface area contributed by atoms with Gasteiger partial charge in [-0.05, 0) is 0 Å². The summed E-state index contributed by atoms with van der Waals surface area (Å²) in [5.74, 6) is 0.239. The van der Waals surface area contributed by atoms with Crippen LogP contribution in [0.5, 0.6) is 0 Å². The average molecular weight is 342 g/mol. The Morgan fingerprint density at radius 3 is 2.75 bits per heavy atom. The van der Waals surface area contributed by atoms with E-state index in [0.29, 0.717) is 15.6 Å². The van der Waals surface area contributed by atoms with Gasteiger partial charge in [0.15, 0.2) is 17.7 Å². The summed E-state index contributed by atoms with van der Waals surface area (Å²) in [7, 11) is 0. The van der Waals surface area contributed by atoms with E-state index in [2.05, 4.69) is 37.5 Å². The fraction of sp³-hybridized carbons (Fsp3) is 0.364. The molecule has 3 rings (SSSR count). The second-order valence-electron chi connectivity index (χ2n) is 4.46. The molecule has 2 aromatic rings. The van der Waals surface area contributed by atoms with Crippen molar-refractivity contribution < 1.29 is 14.9 Å². The fourth-order valence-corrected chi connectivity index (χ4v) is 2.58. The number of aliphatic hydroxyl groups is 2. The van der Waals surface area contributed by atoms with E-state index in [1.807, 2.05) is 0 Å². The van der Waals surface area contributed by atoms with E-state index in [9.17, 15) is 10.2 Å². The molecule has 3 heterocycles. The monoisotopic (exact) mass is 341 g/mol. The van der Waals surface area contributed by atoms with Crippen molar-refractivity contribution in [1.82, 2.24) is 19.5 Å². The van der Waals surface area contributed by atoms with Gasteiger partial charge in [-0.2, -0.15) is 0 Å². The molecule has 1 aliphatic rings. The van der Waals surface area contributed by atoms with Gasteiger partial charge < -0.3 is 20.7 Å². The molecule has 0 aromatic carbocycles. The molecule has 4 atom stereocenters. The molecule has 0 bridgehead atoms. The predicted molar refractivity (Wildman–Crippen MR) is 73.7 cm³/mol. The van der Waals surface area contributed by atoms with Gasteiger partial charge in [-0.15, -0.1) is 0 Å². The van der Waals surface area contributed by atoms with E-state index in [0.717, 1.165) is 0 Å². The molecule has 0 saturated carbocycles. The second kappa shape index (κ2) is 4.77. The zero-order valence-electron chi connectivity index (χ0n) is 10.2. The molecule has 0 radical (unpaired) electrons. The summed E-state index contributed by atoms with van der Waals surface area (Å²) in [5, 5.41) is 20.1. The number of aliphatic hydroxyl groups excluding tert-OH is 2. The topological polar surface area (TPSA) is 119 Å². The van der Waals surface area contributed by atoms with Gasteiger partial charge in [-0.25, -0.2) is 15.0 Å². The van der Waals surface area contributed by atoms with Crippen molar-refractivity contribution in [3.05, 3.63) is 23.7 Å². The number of hydrogen-bond acceptors (Lipinski definition) is 7. The maximum Gasteiger partial charge on any atom is 0.167 e. The maximum absolute atomic E-state index is 10.1. The number of ether oxygens (including phenoxy) is 1. The molecule has 106 valence electrons. The molecule has 20 heavy (non-hydrogen) atoms. The molecule has 2 aromatic heterocycles. The van der Waals surface area contributed by atoms with Gasteiger partial charge >= 0.3 is 0 Å². The van der Waals surface area contributed by atoms with Crippen molar-refractivity contribution in [2.24, 2.45) is 0 Å². The lowest BCUT2D eigenvalue weighted by Gasteiger charge is -2.16. The Hall–Kier alpha value is -1.55. The minimum atomic E-state index is -1.14. The number of nitrogens with two attached hydrogens (primary N) is 1. The van der Waals surface area contributed by atoms with E-state index in [-0.39, 0.29) is 5.82 Å². The van der Waals surface area contributed by atoms with Crippen molar-refractivity contribution in [2.75, 3.05) is 5.73 Å². The zero-order valence-corrected chi connectivity index (χ0v) is 11.8. The first-order chi connectivity index (χ1) is 9.50. The number of nitrogens with zero attached hydrogens (tertiary/aromatic N) is 4. The molecule has 9 heteroatoms. The van der Waals surface area contributed by atoms with Gasteiger partial charge in [-0.3, -0.25) is 4.57 Å². The van der Waals surface area contributed by atoms with Crippen molar-refractivity contribution in [3.8, 4) is 0 Å².